The molecule has 0 fully saturated rings. The number of anilines is 5. The highest BCUT2D eigenvalue weighted by Crippen LogP contribution is 2.49. The number of benzene rings is 13. The fourth-order valence-corrected chi connectivity index (χ4v) is 11.1. The minimum absolute atomic E-state index is 1.04. The molecule has 0 amide bonds. The van der Waals surface area contributed by atoms with Crippen LogP contribution in [0.5, 0.6) is 0 Å². The molecular formula is C72H50N2. The molecule has 74 heavy (non-hydrogen) atoms. The molecule has 0 bridgehead atoms. The van der Waals surface area contributed by atoms with Gasteiger partial charge in [0.05, 0.1) is 5.69 Å². The van der Waals surface area contributed by atoms with Crippen LogP contribution in [0.3, 0.4) is 0 Å². The van der Waals surface area contributed by atoms with E-state index >= 15 is 0 Å². The van der Waals surface area contributed by atoms with Gasteiger partial charge in [0.2, 0.25) is 0 Å². The molecular weight excluding hydrogens is 893 g/mol. The molecule has 13 rings (SSSR count). The van der Waals surface area contributed by atoms with Gasteiger partial charge in [0.1, 0.15) is 0 Å². The van der Waals surface area contributed by atoms with Crippen LogP contribution in [0.15, 0.2) is 297 Å². The minimum Gasteiger partial charge on any atom is -0.355 e. The molecule has 1 N–H and O–H groups in total. The second kappa shape index (κ2) is 19.4. The van der Waals surface area contributed by atoms with Crippen LogP contribution < -0.4 is 10.2 Å². The first-order valence-electron chi connectivity index (χ1n) is 25.4. The average Bonchev–Trinajstić information content (AvgIpc) is 3.48. The van der Waals surface area contributed by atoms with Crippen LogP contribution in [0.4, 0.5) is 28.4 Å². The molecule has 2 nitrogen and oxygen atoms in total. The molecule has 0 heterocycles. The molecule has 0 radical (unpaired) electrons. The molecule has 0 saturated heterocycles. The van der Waals surface area contributed by atoms with Crippen LogP contribution >= 0.6 is 0 Å². The Bertz CT molecular complexity index is 4140. The predicted molar refractivity (Wildman–Crippen MR) is 316 cm³/mol. The summed E-state index contributed by atoms with van der Waals surface area (Å²) in [6.07, 6.45) is 0. The highest BCUT2D eigenvalue weighted by molar-refractivity contribution is 6.22. The number of hydrogen-bond donors (Lipinski definition) is 1. The first kappa shape index (κ1) is 44.2. The van der Waals surface area contributed by atoms with Gasteiger partial charge in [-0.1, -0.05) is 243 Å². The van der Waals surface area contributed by atoms with Crippen molar-refractivity contribution in [3.05, 3.63) is 297 Å². The van der Waals surface area contributed by atoms with Crippen LogP contribution in [0.2, 0.25) is 0 Å². The van der Waals surface area contributed by atoms with Gasteiger partial charge in [-0.15, -0.1) is 0 Å². The van der Waals surface area contributed by atoms with Gasteiger partial charge in [-0.05, 0) is 143 Å². The molecule has 2 heteroatoms. The van der Waals surface area contributed by atoms with Crippen LogP contribution in [0.1, 0.15) is 0 Å². The fourth-order valence-electron chi connectivity index (χ4n) is 11.1. The molecule has 13 aromatic rings. The van der Waals surface area contributed by atoms with Crippen LogP contribution in [0, 0.1) is 0 Å². The summed E-state index contributed by atoms with van der Waals surface area (Å²) in [5.41, 5.74) is 19.3. The van der Waals surface area contributed by atoms with E-state index in [1.165, 1.54) is 60.1 Å². The van der Waals surface area contributed by atoms with Gasteiger partial charge >= 0.3 is 0 Å². The van der Waals surface area contributed by atoms with Gasteiger partial charge in [-0.25, -0.2) is 0 Å². The van der Waals surface area contributed by atoms with E-state index in [-0.39, 0.29) is 0 Å². The van der Waals surface area contributed by atoms with E-state index in [0.29, 0.717) is 0 Å². The maximum absolute atomic E-state index is 3.79. The van der Waals surface area contributed by atoms with Gasteiger partial charge in [0.25, 0.3) is 0 Å². The molecule has 0 saturated carbocycles. The second-order valence-electron chi connectivity index (χ2n) is 18.9. The topological polar surface area (TPSA) is 15.3 Å². The number of nitrogens with one attached hydrogen (secondary N) is 1. The molecule has 0 aromatic heterocycles. The number of rotatable bonds is 11. The lowest BCUT2D eigenvalue weighted by Crippen LogP contribution is -2.11. The Morgan fingerprint density at radius 2 is 0.703 bits per heavy atom. The smallest absolute Gasteiger partial charge is 0.0540 e. The van der Waals surface area contributed by atoms with E-state index in [4.69, 9.17) is 0 Å². The van der Waals surface area contributed by atoms with Crippen molar-refractivity contribution < 1.29 is 0 Å². The summed E-state index contributed by atoms with van der Waals surface area (Å²) >= 11 is 0. The number of nitrogens with zero attached hydrogens (tertiary/aromatic N) is 1. The first-order chi connectivity index (χ1) is 36.7. The molecule has 0 aliphatic rings. The summed E-state index contributed by atoms with van der Waals surface area (Å²) < 4.78 is 0. The second-order valence-corrected chi connectivity index (χ2v) is 18.9. The van der Waals surface area contributed by atoms with Gasteiger partial charge in [0, 0.05) is 33.9 Å². The lowest BCUT2D eigenvalue weighted by atomic mass is 9.84. The Kier molecular flexibility index (Phi) is 11.6. The quantitative estimate of drug-likeness (QED) is 0.130. The lowest BCUT2D eigenvalue weighted by molar-refractivity contribution is 1.28. The van der Waals surface area contributed by atoms with E-state index in [9.17, 15) is 0 Å². The Morgan fingerprint density at radius 3 is 1.42 bits per heavy atom. The van der Waals surface area contributed by atoms with E-state index in [1.54, 1.807) is 0 Å². The SMILES string of the molecule is c1ccc(Nc2cccc(-c3ccccc3N(c3cccc(-c4ccc5c(c4)c(-c4ccccc4)c(-c4ccccc4)c4ccccc45)c3)c3cccc(-c4cccc5ccccc45)c3)c2-c2ccccc2)cc1. The Hall–Kier alpha value is -9.76. The molecule has 0 aliphatic heterocycles. The number of hydrogen-bond acceptors (Lipinski definition) is 2. The zero-order chi connectivity index (χ0) is 49.2. The zero-order valence-electron chi connectivity index (χ0n) is 40.7. The summed E-state index contributed by atoms with van der Waals surface area (Å²) in [4.78, 5) is 2.46. The van der Waals surface area contributed by atoms with Gasteiger partial charge < -0.3 is 10.2 Å². The molecule has 0 spiro atoms. The van der Waals surface area contributed by atoms with Crippen molar-refractivity contribution in [1.29, 1.82) is 0 Å². The summed E-state index contributed by atoms with van der Waals surface area (Å²) in [6.45, 7) is 0. The summed E-state index contributed by atoms with van der Waals surface area (Å²) in [6, 6.07) is 108. The van der Waals surface area contributed by atoms with Crippen molar-refractivity contribution in [2.45, 2.75) is 0 Å². The minimum atomic E-state index is 1.04. The molecule has 0 atom stereocenters. The highest BCUT2D eigenvalue weighted by atomic mass is 15.1. The van der Waals surface area contributed by atoms with Crippen molar-refractivity contribution in [2.75, 3.05) is 10.2 Å². The summed E-state index contributed by atoms with van der Waals surface area (Å²) in [5.74, 6) is 0. The van der Waals surface area contributed by atoms with Crippen molar-refractivity contribution in [1.82, 2.24) is 0 Å². The third-order valence-electron chi connectivity index (χ3n) is 14.4. The molecule has 0 aliphatic carbocycles. The molecule has 0 unspecified atom stereocenters. The fraction of sp³-hybridized carbons (Fsp3) is 0. The van der Waals surface area contributed by atoms with Gasteiger partial charge in [-0.2, -0.15) is 0 Å². The third-order valence-corrected chi connectivity index (χ3v) is 14.4. The maximum Gasteiger partial charge on any atom is 0.0540 e. The van der Waals surface area contributed by atoms with E-state index in [1.807, 2.05) is 0 Å². The van der Waals surface area contributed by atoms with Crippen molar-refractivity contribution in [3.8, 4) is 66.8 Å². The standard InChI is InChI=1S/C72H50N2/c1-5-24-51(25-6-1)70-66(42-22-43-68(70)73-57-33-11-4-12-34-57)64-39-17-18-44-69(64)74(59-36-20-32-56(48-59)61-41-21-30-50-23-13-14-37-60(50)61)58-35-19-31-54(47-58)55-45-46-63-62-38-15-16-40-65(62)71(52-26-7-2-8-27-52)72(67(63)49-55)53-28-9-3-10-29-53/h1-49,73H. The molecule has 13 aromatic carbocycles. The normalized spacial score (nSPS) is 11.2. The van der Waals surface area contributed by atoms with E-state index < -0.39 is 0 Å². The summed E-state index contributed by atoms with van der Waals surface area (Å²) in [7, 11) is 0. The average molecular weight is 943 g/mol. The third kappa shape index (κ3) is 8.25. The largest absolute Gasteiger partial charge is 0.355 e. The number of para-hydroxylation sites is 2. The Morgan fingerprint density at radius 1 is 0.243 bits per heavy atom. The van der Waals surface area contributed by atoms with Crippen LogP contribution in [-0.2, 0) is 0 Å². The molecule has 348 valence electrons. The monoisotopic (exact) mass is 942 g/mol. The predicted octanol–water partition coefficient (Wildman–Crippen LogP) is 20.4. The Labute approximate surface area is 432 Å². The summed E-state index contributed by atoms with van der Waals surface area (Å²) in [5, 5.41) is 11.2. The highest BCUT2D eigenvalue weighted by Gasteiger charge is 2.23. The first-order valence-corrected chi connectivity index (χ1v) is 25.4. The van der Waals surface area contributed by atoms with E-state index in [0.717, 1.165) is 67.4 Å². The van der Waals surface area contributed by atoms with Crippen molar-refractivity contribution >= 4 is 60.8 Å². The zero-order valence-corrected chi connectivity index (χ0v) is 40.7. The number of fused-ring (bicyclic) bond motifs is 4. The maximum atomic E-state index is 3.79. The lowest BCUT2D eigenvalue weighted by Gasteiger charge is -2.29. The van der Waals surface area contributed by atoms with Crippen LogP contribution in [0.25, 0.3) is 99.1 Å². The van der Waals surface area contributed by atoms with Crippen LogP contribution in [-0.4, -0.2) is 0 Å². The van der Waals surface area contributed by atoms with E-state index in [2.05, 4.69) is 307 Å². The Balaban J connectivity index is 1.03. The van der Waals surface area contributed by atoms with Crippen molar-refractivity contribution in [2.24, 2.45) is 0 Å². The van der Waals surface area contributed by atoms with Crippen molar-refractivity contribution in [3.63, 3.8) is 0 Å². The van der Waals surface area contributed by atoms with Gasteiger partial charge in [-0.3, -0.25) is 0 Å². The van der Waals surface area contributed by atoms with Gasteiger partial charge in [0.15, 0.2) is 0 Å².